The first kappa shape index (κ1) is 31.5. The number of hydrogen-bond donors (Lipinski definition) is 1. The van der Waals surface area contributed by atoms with Gasteiger partial charge in [0.25, 0.3) is 10.0 Å². The topological polar surface area (TPSA) is 86.8 Å². The van der Waals surface area contributed by atoms with Crippen LogP contribution in [0.25, 0.3) is 0 Å². The van der Waals surface area contributed by atoms with Gasteiger partial charge in [-0.15, -0.1) is 0 Å². The second-order valence-corrected chi connectivity index (χ2v) is 13.3. The zero-order valence-corrected chi connectivity index (χ0v) is 25.6. The van der Waals surface area contributed by atoms with E-state index in [0.717, 1.165) is 15.4 Å². The molecule has 3 aromatic rings. The van der Waals surface area contributed by atoms with E-state index in [0.29, 0.717) is 16.5 Å². The molecule has 214 valence electrons. The number of sulfonamides is 1. The number of rotatable bonds is 10. The molecule has 1 N–H and O–H groups in total. The zero-order chi connectivity index (χ0) is 29.7. The van der Waals surface area contributed by atoms with Crippen LogP contribution in [0.1, 0.15) is 45.2 Å². The van der Waals surface area contributed by atoms with Crippen molar-refractivity contribution in [2.45, 2.75) is 64.1 Å². The Bertz CT molecular complexity index is 1420. The van der Waals surface area contributed by atoms with Gasteiger partial charge in [0.1, 0.15) is 12.6 Å². The van der Waals surface area contributed by atoms with Crippen LogP contribution < -0.4 is 9.62 Å². The van der Waals surface area contributed by atoms with Crippen molar-refractivity contribution in [3.63, 3.8) is 0 Å². The Kier molecular flexibility index (Phi) is 10.3. The van der Waals surface area contributed by atoms with Crippen molar-refractivity contribution in [3.05, 3.63) is 94.0 Å². The van der Waals surface area contributed by atoms with E-state index in [4.69, 9.17) is 23.2 Å². The molecule has 0 aromatic heterocycles. The molecule has 0 radical (unpaired) electrons. The Morgan fingerprint density at radius 3 is 1.90 bits per heavy atom. The molecule has 0 unspecified atom stereocenters. The minimum atomic E-state index is -4.15. The second-order valence-electron chi connectivity index (χ2n) is 10.6. The Morgan fingerprint density at radius 2 is 1.40 bits per heavy atom. The molecule has 3 aromatic carbocycles. The quantitative estimate of drug-likeness (QED) is 0.298. The van der Waals surface area contributed by atoms with Gasteiger partial charge in [0.05, 0.1) is 10.6 Å². The van der Waals surface area contributed by atoms with Gasteiger partial charge in [-0.2, -0.15) is 0 Å². The van der Waals surface area contributed by atoms with Gasteiger partial charge < -0.3 is 10.2 Å². The smallest absolute Gasteiger partial charge is 0.264 e. The van der Waals surface area contributed by atoms with E-state index in [1.165, 1.54) is 17.0 Å². The van der Waals surface area contributed by atoms with Gasteiger partial charge in [-0.05, 0) is 88.2 Å². The molecular weight excluding hydrogens is 569 g/mol. The lowest BCUT2D eigenvalue weighted by molar-refractivity contribution is -0.141. The number of carbonyl (C=O) groups excluding carboxylic acids is 2. The van der Waals surface area contributed by atoms with Gasteiger partial charge in [0, 0.05) is 22.1 Å². The SMILES string of the molecule is CC[C@@H](C(=O)NC(C)(C)C)N(Cc1ccc(Cl)cc1)C(=O)CN(c1ccc(Cl)cc1)S(=O)(=O)c1ccc(C)cc1. The molecule has 0 heterocycles. The average molecular weight is 605 g/mol. The van der Waals surface area contributed by atoms with Crippen molar-refractivity contribution in [2.75, 3.05) is 10.8 Å². The molecule has 0 aliphatic heterocycles. The number of hydrogen-bond acceptors (Lipinski definition) is 4. The van der Waals surface area contributed by atoms with Gasteiger partial charge >= 0.3 is 0 Å². The van der Waals surface area contributed by atoms with Crippen LogP contribution >= 0.6 is 23.2 Å². The molecule has 7 nitrogen and oxygen atoms in total. The first-order valence-corrected chi connectivity index (χ1v) is 15.1. The predicted octanol–water partition coefficient (Wildman–Crippen LogP) is 6.22. The minimum Gasteiger partial charge on any atom is -0.350 e. The Balaban J connectivity index is 2.06. The van der Waals surface area contributed by atoms with Crippen molar-refractivity contribution in [3.8, 4) is 0 Å². The van der Waals surface area contributed by atoms with E-state index in [-0.39, 0.29) is 23.0 Å². The largest absolute Gasteiger partial charge is 0.350 e. The zero-order valence-electron chi connectivity index (χ0n) is 23.3. The van der Waals surface area contributed by atoms with Crippen LogP contribution in [0, 0.1) is 6.92 Å². The summed E-state index contributed by atoms with van der Waals surface area (Å²) in [5.74, 6) is -0.853. The Morgan fingerprint density at radius 1 is 0.875 bits per heavy atom. The summed E-state index contributed by atoms with van der Waals surface area (Å²) in [5, 5.41) is 3.92. The number of nitrogens with zero attached hydrogens (tertiary/aromatic N) is 2. The fourth-order valence-corrected chi connectivity index (χ4v) is 5.80. The van der Waals surface area contributed by atoms with Gasteiger partial charge in [0.15, 0.2) is 0 Å². The number of anilines is 1. The fourth-order valence-electron chi connectivity index (χ4n) is 4.13. The molecule has 0 bridgehead atoms. The maximum Gasteiger partial charge on any atom is 0.264 e. The number of nitrogens with one attached hydrogen (secondary N) is 1. The molecule has 3 rings (SSSR count). The summed E-state index contributed by atoms with van der Waals surface area (Å²) in [7, 11) is -4.15. The Hall–Kier alpha value is -3.07. The van der Waals surface area contributed by atoms with E-state index in [9.17, 15) is 18.0 Å². The van der Waals surface area contributed by atoms with Crippen LogP contribution in [0.5, 0.6) is 0 Å². The average Bonchev–Trinajstić information content (AvgIpc) is 2.88. The molecule has 0 aliphatic rings. The summed E-state index contributed by atoms with van der Waals surface area (Å²) in [6.45, 7) is 8.82. The van der Waals surface area contributed by atoms with Gasteiger partial charge in [-0.3, -0.25) is 13.9 Å². The molecule has 1 atom stereocenters. The number of aryl methyl sites for hydroxylation is 1. The van der Waals surface area contributed by atoms with Gasteiger partial charge in [-0.1, -0.05) is 60.0 Å². The number of halogens is 2. The first-order valence-electron chi connectivity index (χ1n) is 12.9. The summed E-state index contributed by atoms with van der Waals surface area (Å²) >= 11 is 12.1. The molecule has 2 amide bonds. The fraction of sp³-hybridized carbons (Fsp3) is 0.333. The molecule has 0 aliphatic carbocycles. The van der Waals surface area contributed by atoms with E-state index in [1.54, 1.807) is 60.7 Å². The normalized spacial score (nSPS) is 12.5. The second kappa shape index (κ2) is 13.1. The lowest BCUT2D eigenvalue weighted by Crippen LogP contribution is -2.55. The van der Waals surface area contributed by atoms with E-state index >= 15 is 0 Å². The molecule has 40 heavy (non-hydrogen) atoms. The lowest BCUT2D eigenvalue weighted by atomic mass is 10.1. The number of amides is 2. The van der Waals surface area contributed by atoms with Gasteiger partial charge in [-0.25, -0.2) is 8.42 Å². The van der Waals surface area contributed by atoms with Crippen molar-refractivity contribution in [1.82, 2.24) is 10.2 Å². The van der Waals surface area contributed by atoms with Crippen LogP contribution in [0.2, 0.25) is 10.0 Å². The van der Waals surface area contributed by atoms with Crippen molar-refractivity contribution < 1.29 is 18.0 Å². The van der Waals surface area contributed by atoms with Crippen molar-refractivity contribution in [1.29, 1.82) is 0 Å². The first-order chi connectivity index (χ1) is 18.7. The molecule has 0 saturated carbocycles. The van der Waals surface area contributed by atoms with Gasteiger partial charge in [0.2, 0.25) is 11.8 Å². The highest BCUT2D eigenvalue weighted by Gasteiger charge is 2.34. The summed E-state index contributed by atoms with van der Waals surface area (Å²) in [6, 6.07) is 18.8. The van der Waals surface area contributed by atoms with E-state index in [1.807, 2.05) is 34.6 Å². The standard InChI is InChI=1S/C30H35Cl2N3O4S/c1-6-27(29(37)33-30(3,4)5)34(19-22-9-11-23(31)12-10-22)28(36)20-35(25-15-13-24(32)14-16-25)40(38,39)26-17-7-21(2)8-18-26/h7-18,27H,6,19-20H2,1-5H3,(H,33,37)/t27-/m0/s1. The molecule has 10 heteroatoms. The van der Waals surface area contributed by atoms with Crippen LogP contribution in [0.3, 0.4) is 0 Å². The predicted molar refractivity (Wildman–Crippen MR) is 161 cm³/mol. The summed E-state index contributed by atoms with van der Waals surface area (Å²) in [6.07, 6.45) is 0.326. The lowest BCUT2D eigenvalue weighted by Gasteiger charge is -2.34. The Labute approximate surface area is 247 Å². The highest BCUT2D eigenvalue weighted by atomic mass is 35.5. The van der Waals surface area contributed by atoms with Crippen molar-refractivity contribution >= 4 is 50.7 Å². The third-order valence-corrected chi connectivity index (χ3v) is 8.44. The number of carbonyl (C=O) groups is 2. The van der Waals surface area contributed by atoms with Crippen LogP contribution in [0.15, 0.2) is 77.7 Å². The molecule has 0 fully saturated rings. The summed E-state index contributed by atoms with van der Waals surface area (Å²) in [4.78, 5) is 28.9. The van der Waals surface area contributed by atoms with Crippen LogP contribution in [0.4, 0.5) is 5.69 Å². The highest BCUT2D eigenvalue weighted by molar-refractivity contribution is 7.92. The highest BCUT2D eigenvalue weighted by Crippen LogP contribution is 2.26. The summed E-state index contributed by atoms with van der Waals surface area (Å²) < 4.78 is 28.8. The third-order valence-electron chi connectivity index (χ3n) is 6.15. The maximum absolute atomic E-state index is 14.1. The molecular formula is C30H35Cl2N3O4S. The van der Waals surface area contributed by atoms with Crippen molar-refractivity contribution in [2.24, 2.45) is 0 Å². The van der Waals surface area contributed by atoms with E-state index < -0.39 is 34.1 Å². The van der Waals surface area contributed by atoms with Crippen LogP contribution in [-0.4, -0.2) is 43.3 Å². The molecule has 0 saturated heterocycles. The monoisotopic (exact) mass is 603 g/mol. The molecule has 0 spiro atoms. The number of benzene rings is 3. The van der Waals surface area contributed by atoms with Crippen LogP contribution in [-0.2, 0) is 26.2 Å². The maximum atomic E-state index is 14.1. The third kappa shape index (κ3) is 8.22. The van der Waals surface area contributed by atoms with E-state index in [2.05, 4.69) is 5.32 Å². The minimum absolute atomic E-state index is 0.0441. The summed E-state index contributed by atoms with van der Waals surface area (Å²) in [5.41, 5.74) is 1.40.